The molecule has 0 spiro atoms. The van der Waals surface area contributed by atoms with E-state index < -0.39 is 97.5 Å². The molecule has 0 aromatic carbocycles. The third-order valence-corrected chi connectivity index (χ3v) is 20.4. The van der Waals surface area contributed by atoms with Gasteiger partial charge in [-0.15, -0.1) is 0 Å². The van der Waals surface area contributed by atoms with E-state index in [0.717, 1.165) is 114 Å². The van der Waals surface area contributed by atoms with Gasteiger partial charge in [0.2, 0.25) is 0 Å². The Morgan fingerprint density at radius 1 is 0.299 bits per heavy atom. The molecule has 0 saturated heterocycles. The third kappa shape index (κ3) is 70.9. The molecule has 19 heteroatoms. The van der Waals surface area contributed by atoms with Crippen molar-refractivity contribution in [1.29, 1.82) is 0 Å². The van der Waals surface area contributed by atoms with E-state index >= 15 is 0 Å². The number of unbranched alkanes of at least 4 members (excludes halogenated alkanes) is 43. The maximum Gasteiger partial charge on any atom is 0.472 e. The van der Waals surface area contributed by atoms with Crippen LogP contribution in [0.15, 0.2) is 0 Å². The van der Waals surface area contributed by atoms with Crippen molar-refractivity contribution < 1.29 is 80.2 Å². The molecular weight excluding hydrogens is 1270 g/mol. The van der Waals surface area contributed by atoms with E-state index in [4.69, 9.17) is 37.0 Å². The fraction of sp³-hybridized carbons (Fsp3) is 0.949. The van der Waals surface area contributed by atoms with Crippen molar-refractivity contribution >= 4 is 39.5 Å². The Balaban J connectivity index is 5.21. The monoisotopic (exact) mass is 1420 g/mol. The maximum atomic E-state index is 13.1. The van der Waals surface area contributed by atoms with Crippen molar-refractivity contribution in [2.75, 3.05) is 39.6 Å². The lowest BCUT2D eigenvalue weighted by molar-refractivity contribution is -0.161. The first-order valence-corrected chi connectivity index (χ1v) is 43.4. The summed E-state index contributed by atoms with van der Waals surface area (Å²) in [6.45, 7) is 11.8. The number of phosphoric acid groups is 2. The predicted molar refractivity (Wildman–Crippen MR) is 395 cm³/mol. The van der Waals surface area contributed by atoms with E-state index in [-0.39, 0.29) is 25.7 Å². The number of carbonyl (C=O) groups is 4. The van der Waals surface area contributed by atoms with Crippen LogP contribution >= 0.6 is 15.6 Å². The largest absolute Gasteiger partial charge is 0.472 e. The summed E-state index contributed by atoms with van der Waals surface area (Å²) in [5, 5.41) is 10.6. The number of carbonyl (C=O) groups excluding carboxylic acids is 4. The number of hydrogen-bond donors (Lipinski definition) is 3. The van der Waals surface area contributed by atoms with Gasteiger partial charge in [0.15, 0.2) is 12.2 Å². The zero-order chi connectivity index (χ0) is 71.6. The highest BCUT2D eigenvalue weighted by Gasteiger charge is 2.30. The molecule has 576 valence electrons. The first-order valence-electron chi connectivity index (χ1n) is 40.4. The second kappa shape index (κ2) is 68.5. The lowest BCUT2D eigenvalue weighted by atomic mass is 10.00. The van der Waals surface area contributed by atoms with Gasteiger partial charge in [0.05, 0.1) is 26.4 Å². The second-order valence-corrected chi connectivity index (χ2v) is 32.2. The Bertz CT molecular complexity index is 1890. The van der Waals surface area contributed by atoms with Gasteiger partial charge in [-0.05, 0) is 43.4 Å². The van der Waals surface area contributed by atoms with Gasteiger partial charge in [0.1, 0.15) is 19.3 Å². The highest BCUT2D eigenvalue weighted by molar-refractivity contribution is 7.47. The number of aliphatic hydroxyl groups is 1. The Kier molecular flexibility index (Phi) is 67.1. The third-order valence-electron chi connectivity index (χ3n) is 18.5. The Morgan fingerprint density at radius 2 is 0.526 bits per heavy atom. The summed E-state index contributed by atoms with van der Waals surface area (Å²) in [7, 11) is -9.91. The number of hydrogen-bond acceptors (Lipinski definition) is 15. The molecular formula is C78H152O17P2. The molecule has 0 aliphatic heterocycles. The molecule has 3 N–H and O–H groups in total. The minimum atomic E-state index is -4.96. The first kappa shape index (κ1) is 95.1. The molecule has 0 heterocycles. The fourth-order valence-electron chi connectivity index (χ4n) is 11.9. The molecule has 0 aliphatic rings. The van der Waals surface area contributed by atoms with Crippen LogP contribution in [0.4, 0.5) is 0 Å². The van der Waals surface area contributed by atoms with E-state index in [2.05, 4.69) is 48.5 Å². The maximum absolute atomic E-state index is 13.1. The van der Waals surface area contributed by atoms with Crippen LogP contribution in [-0.2, 0) is 65.4 Å². The molecule has 0 aromatic heterocycles. The van der Waals surface area contributed by atoms with Crippen molar-refractivity contribution in [3.63, 3.8) is 0 Å². The van der Waals surface area contributed by atoms with Crippen LogP contribution in [0.5, 0.6) is 0 Å². The smallest absolute Gasteiger partial charge is 0.462 e. The van der Waals surface area contributed by atoms with E-state index in [1.807, 2.05) is 0 Å². The van der Waals surface area contributed by atoms with Crippen molar-refractivity contribution in [3.05, 3.63) is 0 Å². The standard InChI is InChI=1S/C78H152O17P2/c1-8-10-11-12-13-14-15-16-17-18-19-20-21-22-23-24-27-33-38-47-54-61-77(82)94-73(65-88-75(80)59-52-45-37-32-28-25-26-30-35-42-49-56-69(3)4)67-92-96(84,85)90-63-72(79)64-91-97(86,87)93-68-74(66-89-76(81)60-53-46-41-40-44-51-58-71(7)9-2)95-78(83)62-55-48-39-34-29-31-36-43-50-57-70(5)6/h69-74,79H,8-68H2,1-7H3,(H,84,85)(H,86,87)/t71?,72-,73-,74-/m1/s1. The zero-order valence-corrected chi connectivity index (χ0v) is 65.3. The Labute approximate surface area is 594 Å². The number of rotatable bonds is 76. The Morgan fingerprint density at radius 3 is 0.784 bits per heavy atom. The molecule has 0 bridgehead atoms. The average molecular weight is 1420 g/mol. The number of aliphatic hydroxyl groups excluding tert-OH is 1. The molecule has 0 rings (SSSR count). The molecule has 6 atom stereocenters. The van der Waals surface area contributed by atoms with Gasteiger partial charge >= 0.3 is 39.5 Å². The molecule has 0 saturated carbocycles. The van der Waals surface area contributed by atoms with Gasteiger partial charge in [-0.25, -0.2) is 9.13 Å². The molecule has 0 amide bonds. The normalized spacial score (nSPS) is 14.3. The van der Waals surface area contributed by atoms with Gasteiger partial charge in [0.25, 0.3) is 0 Å². The first-order chi connectivity index (χ1) is 46.8. The summed E-state index contributed by atoms with van der Waals surface area (Å²) in [4.78, 5) is 72.9. The molecule has 0 fully saturated rings. The van der Waals surface area contributed by atoms with Gasteiger partial charge in [-0.1, -0.05) is 350 Å². The molecule has 17 nitrogen and oxygen atoms in total. The highest BCUT2D eigenvalue weighted by Crippen LogP contribution is 2.45. The van der Waals surface area contributed by atoms with Gasteiger partial charge < -0.3 is 33.8 Å². The minimum Gasteiger partial charge on any atom is -0.462 e. The van der Waals surface area contributed by atoms with Crippen molar-refractivity contribution in [1.82, 2.24) is 0 Å². The van der Waals surface area contributed by atoms with Crippen LogP contribution in [0.1, 0.15) is 402 Å². The number of esters is 4. The SMILES string of the molecule is CCCCCCCCCCCCCCCCCCCCCCCC(=O)O[C@H](COC(=O)CCCCCCCCCCCCCC(C)C)COP(=O)(O)OC[C@@H](O)COP(=O)(O)OC[C@@H](COC(=O)CCCCCCCCC(C)CC)OC(=O)CCCCCCCCCCCC(C)C. The van der Waals surface area contributed by atoms with Gasteiger partial charge in [-0.3, -0.25) is 37.3 Å². The summed E-state index contributed by atoms with van der Waals surface area (Å²) >= 11 is 0. The molecule has 0 aromatic rings. The summed E-state index contributed by atoms with van der Waals surface area (Å²) < 4.78 is 68.6. The molecule has 3 unspecified atom stereocenters. The number of ether oxygens (including phenoxy) is 4. The quantitative estimate of drug-likeness (QED) is 0.0222. The summed E-state index contributed by atoms with van der Waals surface area (Å²) in [5.74, 6) is 0.120. The molecule has 0 aliphatic carbocycles. The molecule has 97 heavy (non-hydrogen) atoms. The topological polar surface area (TPSA) is 237 Å². The van der Waals surface area contributed by atoms with Crippen LogP contribution in [0.2, 0.25) is 0 Å². The number of phosphoric ester groups is 2. The van der Waals surface area contributed by atoms with E-state index in [0.29, 0.717) is 25.7 Å². The van der Waals surface area contributed by atoms with Crippen LogP contribution in [0.25, 0.3) is 0 Å². The van der Waals surface area contributed by atoms with Crippen LogP contribution in [-0.4, -0.2) is 96.7 Å². The summed E-state index contributed by atoms with van der Waals surface area (Å²) in [6.07, 6.45) is 55.7. The zero-order valence-electron chi connectivity index (χ0n) is 63.5. The lowest BCUT2D eigenvalue weighted by Gasteiger charge is -2.21. The van der Waals surface area contributed by atoms with Crippen LogP contribution < -0.4 is 0 Å². The van der Waals surface area contributed by atoms with Gasteiger partial charge in [0, 0.05) is 25.7 Å². The second-order valence-electron chi connectivity index (χ2n) is 29.3. The van der Waals surface area contributed by atoms with Crippen molar-refractivity contribution in [2.24, 2.45) is 17.8 Å². The average Bonchev–Trinajstić information content (AvgIpc) is 0.965. The van der Waals surface area contributed by atoms with Crippen molar-refractivity contribution in [3.8, 4) is 0 Å². The Hall–Kier alpha value is -1.94. The van der Waals surface area contributed by atoms with E-state index in [9.17, 15) is 43.2 Å². The minimum absolute atomic E-state index is 0.104. The van der Waals surface area contributed by atoms with Gasteiger partial charge in [-0.2, -0.15) is 0 Å². The fourth-order valence-corrected chi connectivity index (χ4v) is 13.5. The highest BCUT2D eigenvalue weighted by atomic mass is 31.2. The molecule has 0 radical (unpaired) electrons. The van der Waals surface area contributed by atoms with Crippen LogP contribution in [0, 0.1) is 17.8 Å². The van der Waals surface area contributed by atoms with E-state index in [1.54, 1.807) is 0 Å². The lowest BCUT2D eigenvalue weighted by Crippen LogP contribution is -2.30. The summed E-state index contributed by atoms with van der Waals surface area (Å²) in [5.41, 5.74) is 0. The van der Waals surface area contributed by atoms with Crippen molar-refractivity contribution in [2.45, 2.75) is 420 Å². The predicted octanol–water partition coefficient (Wildman–Crippen LogP) is 23.0. The van der Waals surface area contributed by atoms with E-state index in [1.165, 1.54) is 205 Å². The summed E-state index contributed by atoms with van der Waals surface area (Å²) in [6, 6.07) is 0. The van der Waals surface area contributed by atoms with Crippen LogP contribution in [0.3, 0.4) is 0 Å².